The van der Waals surface area contributed by atoms with E-state index < -0.39 is 11.7 Å². The molecule has 1 heterocycles. The fraction of sp³-hybridized carbons (Fsp3) is 0.609. The zero-order valence-electron chi connectivity index (χ0n) is 17.5. The Morgan fingerprint density at radius 3 is 2.60 bits per heavy atom. The number of nitrogens with zero attached hydrogens (tertiary/aromatic N) is 2. The normalized spacial score (nSPS) is 18.9. The number of alkyl halides is 3. The van der Waals surface area contributed by atoms with Gasteiger partial charge < -0.3 is 15.0 Å². The van der Waals surface area contributed by atoms with E-state index in [9.17, 15) is 13.2 Å². The van der Waals surface area contributed by atoms with Gasteiger partial charge in [-0.2, -0.15) is 13.2 Å². The molecule has 0 atom stereocenters. The molecule has 1 aromatic rings. The second-order valence-electron chi connectivity index (χ2n) is 7.95. The SMILES string of the molecule is CN=C(NCC#Cc1cccc(C(F)(F)F)c1)N1CCC(OCC2CCCC2)CC1. The predicted molar refractivity (Wildman–Crippen MR) is 112 cm³/mol. The Hall–Kier alpha value is -2.20. The van der Waals surface area contributed by atoms with Crippen LogP contribution in [0.5, 0.6) is 0 Å². The number of likely N-dealkylation sites (tertiary alicyclic amines) is 1. The number of ether oxygens (including phenoxy) is 1. The average Bonchev–Trinajstić information content (AvgIpc) is 3.26. The lowest BCUT2D eigenvalue weighted by atomic mass is 10.1. The molecule has 7 heteroatoms. The molecule has 0 radical (unpaired) electrons. The molecular formula is C23H30F3N3O. The van der Waals surface area contributed by atoms with Crippen LogP contribution in [0.4, 0.5) is 13.2 Å². The summed E-state index contributed by atoms with van der Waals surface area (Å²) in [6, 6.07) is 5.07. The van der Waals surface area contributed by atoms with Gasteiger partial charge in [-0.1, -0.05) is 30.7 Å². The zero-order valence-corrected chi connectivity index (χ0v) is 17.5. The maximum atomic E-state index is 12.8. The summed E-state index contributed by atoms with van der Waals surface area (Å²) < 4.78 is 44.5. The number of piperidine rings is 1. The lowest BCUT2D eigenvalue weighted by molar-refractivity contribution is -0.137. The van der Waals surface area contributed by atoms with Crippen LogP contribution in [0.1, 0.15) is 49.7 Å². The molecule has 0 unspecified atom stereocenters. The minimum absolute atomic E-state index is 0.320. The van der Waals surface area contributed by atoms with Crippen molar-refractivity contribution in [2.24, 2.45) is 10.9 Å². The second-order valence-corrected chi connectivity index (χ2v) is 7.95. The van der Waals surface area contributed by atoms with Crippen LogP contribution in [0.2, 0.25) is 0 Å². The topological polar surface area (TPSA) is 36.9 Å². The van der Waals surface area contributed by atoms with Crippen LogP contribution >= 0.6 is 0 Å². The van der Waals surface area contributed by atoms with Crippen molar-refractivity contribution in [2.75, 3.05) is 33.3 Å². The summed E-state index contributed by atoms with van der Waals surface area (Å²) in [5.41, 5.74) is -0.335. The van der Waals surface area contributed by atoms with Crippen LogP contribution in [-0.2, 0) is 10.9 Å². The van der Waals surface area contributed by atoms with Gasteiger partial charge in [0.1, 0.15) is 0 Å². The van der Waals surface area contributed by atoms with Crippen molar-refractivity contribution in [3.63, 3.8) is 0 Å². The van der Waals surface area contributed by atoms with Gasteiger partial charge >= 0.3 is 6.18 Å². The highest BCUT2D eigenvalue weighted by Crippen LogP contribution is 2.29. The molecular weight excluding hydrogens is 391 g/mol. The van der Waals surface area contributed by atoms with Crippen LogP contribution in [-0.4, -0.2) is 50.3 Å². The Morgan fingerprint density at radius 1 is 1.20 bits per heavy atom. The first kappa shape index (κ1) is 22.5. The smallest absolute Gasteiger partial charge is 0.378 e. The predicted octanol–water partition coefficient (Wildman–Crippen LogP) is 4.30. The third kappa shape index (κ3) is 6.66. The highest BCUT2D eigenvalue weighted by molar-refractivity contribution is 5.80. The Labute approximate surface area is 176 Å². The Kier molecular flexibility index (Phi) is 8.03. The van der Waals surface area contributed by atoms with E-state index in [0.717, 1.165) is 56.5 Å². The van der Waals surface area contributed by atoms with Crippen molar-refractivity contribution in [2.45, 2.75) is 50.8 Å². The third-order valence-corrected chi connectivity index (χ3v) is 5.75. The lowest BCUT2D eigenvalue weighted by Crippen LogP contribution is -2.47. The van der Waals surface area contributed by atoms with E-state index in [1.807, 2.05) is 0 Å². The number of hydrogen-bond acceptors (Lipinski definition) is 2. The van der Waals surface area contributed by atoms with Crippen LogP contribution in [0.3, 0.4) is 0 Å². The van der Waals surface area contributed by atoms with Crippen molar-refractivity contribution < 1.29 is 17.9 Å². The van der Waals surface area contributed by atoms with Gasteiger partial charge in [0.15, 0.2) is 5.96 Å². The van der Waals surface area contributed by atoms with Crippen LogP contribution in [0.15, 0.2) is 29.3 Å². The minimum atomic E-state index is -4.36. The monoisotopic (exact) mass is 421 g/mol. The average molecular weight is 422 g/mol. The molecule has 0 aromatic heterocycles. The van der Waals surface area contributed by atoms with E-state index in [-0.39, 0.29) is 0 Å². The summed E-state index contributed by atoms with van der Waals surface area (Å²) >= 11 is 0. The van der Waals surface area contributed by atoms with Gasteiger partial charge in [-0.3, -0.25) is 4.99 Å². The number of guanidine groups is 1. The van der Waals surface area contributed by atoms with Crippen molar-refractivity contribution in [3.05, 3.63) is 35.4 Å². The van der Waals surface area contributed by atoms with E-state index >= 15 is 0 Å². The van der Waals surface area contributed by atoms with Gasteiger partial charge in [0, 0.05) is 32.3 Å². The molecule has 0 bridgehead atoms. The molecule has 1 aromatic carbocycles. The number of rotatable bonds is 4. The largest absolute Gasteiger partial charge is 0.416 e. The van der Waals surface area contributed by atoms with E-state index in [0.29, 0.717) is 18.2 Å². The number of aliphatic imine (C=N–C) groups is 1. The number of benzene rings is 1. The Balaban J connectivity index is 1.42. The fourth-order valence-corrected chi connectivity index (χ4v) is 4.06. The molecule has 30 heavy (non-hydrogen) atoms. The molecule has 2 aliphatic rings. The van der Waals surface area contributed by atoms with E-state index in [1.165, 1.54) is 31.7 Å². The summed E-state index contributed by atoms with van der Waals surface area (Å²) in [5, 5.41) is 3.19. The summed E-state index contributed by atoms with van der Waals surface area (Å²) in [6.07, 6.45) is 3.20. The fourth-order valence-electron chi connectivity index (χ4n) is 4.06. The molecule has 0 spiro atoms. The molecule has 3 rings (SSSR count). The number of hydrogen-bond donors (Lipinski definition) is 1. The highest BCUT2D eigenvalue weighted by Gasteiger charge is 2.30. The highest BCUT2D eigenvalue weighted by atomic mass is 19.4. The lowest BCUT2D eigenvalue weighted by Gasteiger charge is -2.34. The summed E-state index contributed by atoms with van der Waals surface area (Å²) in [6.45, 7) is 2.95. The van der Waals surface area contributed by atoms with Crippen LogP contribution in [0.25, 0.3) is 0 Å². The van der Waals surface area contributed by atoms with Crippen molar-refractivity contribution in [3.8, 4) is 11.8 Å². The number of halogens is 3. The van der Waals surface area contributed by atoms with Gasteiger partial charge in [0.25, 0.3) is 0 Å². The Bertz CT molecular complexity index is 768. The molecule has 1 N–H and O–H groups in total. The first-order valence-corrected chi connectivity index (χ1v) is 10.7. The molecule has 1 aliphatic heterocycles. The standard InChI is InChI=1S/C23H30F3N3O/c1-27-22(28-13-5-9-18-8-4-10-20(16-18)23(24,25)26)29-14-11-21(12-15-29)30-17-19-6-2-3-7-19/h4,8,10,16,19,21H,2-3,6-7,11-15,17H2,1H3,(H,27,28). The van der Waals surface area contributed by atoms with Crippen molar-refractivity contribution in [1.82, 2.24) is 10.2 Å². The van der Waals surface area contributed by atoms with Gasteiger partial charge in [-0.25, -0.2) is 0 Å². The third-order valence-electron chi connectivity index (χ3n) is 5.75. The molecule has 164 valence electrons. The summed E-state index contributed by atoms with van der Waals surface area (Å²) in [7, 11) is 1.73. The Morgan fingerprint density at radius 2 is 1.93 bits per heavy atom. The number of nitrogens with one attached hydrogen (secondary N) is 1. The van der Waals surface area contributed by atoms with Gasteiger partial charge in [0.05, 0.1) is 18.2 Å². The van der Waals surface area contributed by atoms with Gasteiger partial charge in [-0.05, 0) is 49.8 Å². The minimum Gasteiger partial charge on any atom is -0.378 e. The summed E-state index contributed by atoms with van der Waals surface area (Å²) in [5.74, 6) is 7.18. The molecule has 4 nitrogen and oxygen atoms in total. The first-order chi connectivity index (χ1) is 14.5. The second kappa shape index (κ2) is 10.7. The van der Waals surface area contributed by atoms with Crippen molar-refractivity contribution in [1.29, 1.82) is 0 Å². The first-order valence-electron chi connectivity index (χ1n) is 10.7. The van der Waals surface area contributed by atoms with Gasteiger partial charge in [-0.15, -0.1) is 0 Å². The maximum absolute atomic E-state index is 12.8. The molecule has 1 aliphatic carbocycles. The maximum Gasteiger partial charge on any atom is 0.416 e. The quantitative estimate of drug-likeness (QED) is 0.447. The zero-order chi connectivity index (χ0) is 21.4. The van der Waals surface area contributed by atoms with E-state index in [1.54, 1.807) is 13.1 Å². The summed E-state index contributed by atoms with van der Waals surface area (Å²) in [4.78, 5) is 6.49. The van der Waals surface area contributed by atoms with E-state index in [2.05, 4.69) is 27.0 Å². The molecule has 0 amide bonds. The molecule has 2 fully saturated rings. The molecule has 1 saturated carbocycles. The van der Waals surface area contributed by atoms with E-state index in [4.69, 9.17) is 4.74 Å². The van der Waals surface area contributed by atoms with Crippen LogP contribution < -0.4 is 5.32 Å². The van der Waals surface area contributed by atoms with Gasteiger partial charge in [0.2, 0.25) is 0 Å². The van der Waals surface area contributed by atoms with Crippen LogP contribution in [0, 0.1) is 17.8 Å². The van der Waals surface area contributed by atoms with Crippen molar-refractivity contribution >= 4 is 5.96 Å². The molecule has 1 saturated heterocycles.